The third-order valence-electron chi connectivity index (χ3n) is 3.65. The van der Waals surface area contributed by atoms with Crippen LogP contribution in [-0.2, 0) is 17.5 Å². The molecule has 0 aliphatic rings. The van der Waals surface area contributed by atoms with Crippen LogP contribution in [0.3, 0.4) is 0 Å². The minimum Gasteiger partial charge on any atom is -0.323 e. The summed E-state index contributed by atoms with van der Waals surface area (Å²) in [5, 5.41) is 4.64. The maximum absolute atomic E-state index is 12.5. The van der Waals surface area contributed by atoms with Gasteiger partial charge in [0.2, 0.25) is 0 Å². The number of alkyl halides is 3. The zero-order chi connectivity index (χ0) is 17.0. The molecule has 0 aliphatic carbocycles. The van der Waals surface area contributed by atoms with Crippen molar-refractivity contribution in [2.45, 2.75) is 25.7 Å². The third kappa shape index (κ3) is 4.80. The Morgan fingerprint density at radius 2 is 1.91 bits per heavy atom. The Bertz CT molecular complexity index is 638. The summed E-state index contributed by atoms with van der Waals surface area (Å²) in [6.07, 6.45) is -4.37. The molecule has 1 amide bonds. The van der Waals surface area contributed by atoms with Crippen LogP contribution < -0.4 is 10.2 Å². The molecule has 0 bridgehead atoms. The van der Waals surface area contributed by atoms with E-state index < -0.39 is 11.7 Å². The maximum atomic E-state index is 12.5. The molecule has 124 valence electrons. The molecule has 0 radical (unpaired) electrons. The number of nitrogens with one attached hydrogen (secondary N) is 2. The van der Waals surface area contributed by atoms with Gasteiger partial charge in [0, 0.05) is 5.69 Å². The number of carbonyl (C=O) groups excluding carboxylic acids is 1. The van der Waals surface area contributed by atoms with E-state index in [0.29, 0.717) is 5.69 Å². The Kier molecular flexibility index (Phi) is 5.43. The number of quaternary nitrogens is 1. The fraction of sp³-hybridized carbons (Fsp3) is 0.312. The summed E-state index contributed by atoms with van der Waals surface area (Å²) in [7, 11) is 1.91. The van der Waals surface area contributed by atoms with Crippen molar-refractivity contribution in [3.63, 3.8) is 0 Å². The number of carbonyl (C=O) groups is 1. The first-order valence-electron chi connectivity index (χ1n) is 7.10. The number of thiophene rings is 1. The van der Waals surface area contributed by atoms with Crippen molar-refractivity contribution in [3.8, 4) is 0 Å². The first kappa shape index (κ1) is 17.5. The fourth-order valence-electron chi connectivity index (χ4n) is 2.06. The summed E-state index contributed by atoms with van der Waals surface area (Å²) in [6, 6.07) is 8.10. The van der Waals surface area contributed by atoms with Crippen molar-refractivity contribution >= 4 is 22.9 Å². The van der Waals surface area contributed by atoms with E-state index in [9.17, 15) is 18.0 Å². The number of halogens is 3. The van der Waals surface area contributed by atoms with E-state index in [0.717, 1.165) is 23.6 Å². The van der Waals surface area contributed by atoms with Crippen LogP contribution >= 0.6 is 11.3 Å². The highest BCUT2D eigenvalue weighted by Gasteiger charge is 2.30. The molecule has 0 spiro atoms. The minimum atomic E-state index is -4.37. The van der Waals surface area contributed by atoms with Gasteiger partial charge in [-0.25, -0.2) is 0 Å². The Hall–Kier alpha value is -1.86. The molecule has 1 aromatic heterocycles. The second-order valence-corrected chi connectivity index (χ2v) is 6.42. The zero-order valence-electron chi connectivity index (χ0n) is 12.8. The molecule has 2 rings (SSSR count). The molecule has 2 atom stereocenters. The highest BCUT2D eigenvalue weighted by atomic mass is 32.1. The normalized spacial score (nSPS) is 14.3. The topological polar surface area (TPSA) is 33.5 Å². The van der Waals surface area contributed by atoms with E-state index in [-0.39, 0.29) is 11.9 Å². The number of hydrogen-bond donors (Lipinski definition) is 2. The summed E-state index contributed by atoms with van der Waals surface area (Å²) >= 11 is 1.63. The number of amides is 1. The van der Waals surface area contributed by atoms with Gasteiger partial charge in [0.05, 0.1) is 17.5 Å². The van der Waals surface area contributed by atoms with Gasteiger partial charge in [0.25, 0.3) is 5.91 Å². The maximum Gasteiger partial charge on any atom is 0.416 e. The van der Waals surface area contributed by atoms with Crippen molar-refractivity contribution in [1.29, 1.82) is 0 Å². The monoisotopic (exact) mass is 343 g/mol. The summed E-state index contributed by atoms with van der Waals surface area (Å²) in [4.78, 5) is 14.4. The van der Waals surface area contributed by atoms with E-state index in [1.807, 2.05) is 24.6 Å². The van der Waals surface area contributed by atoms with Gasteiger partial charge in [-0.15, -0.1) is 11.3 Å². The number of hydrogen-bond acceptors (Lipinski definition) is 2. The van der Waals surface area contributed by atoms with Crippen molar-refractivity contribution in [1.82, 2.24) is 0 Å². The van der Waals surface area contributed by atoms with Gasteiger partial charge in [0.1, 0.15) is 6.54 Å². The smallest absolute Gasteiger partial charge is 0.323 e. The first-order chi connectivity index (χ1) is 10.8. The van der Waals surface area contributed by atoms with Crippen LogP contribution in [-0.4, -0.2) is 19.0 Å². The second kappa shape index (κ2) is 7.14. The van der Waals surface area contributed by atoms with Gasteiger partial charge in [0.15, 0.2) is 6.04 Å². The van der Waals surface area contributed by atoms with Gasteiger partial charge < -0.3 is 10.2 Å². The molecule has 0 fully saturated rings. The average molecular weight is 343 g/mol. The predicted octanol–water partition coefficient (Wildman–Crippen LogP) is 2.81. The quantitative estimate of drug-likeness (QED) is 0.860. The highest BCUT2D eigenvalue weighted by molar-refractivity contribution is 7.09. The molecular formula is C16H18F3N2OS+. The van der Waals surface area contributed by atoms with Crippen molar-refractivity contribution in [2.75, 3.05) is 12.4 Å². The molecule has 23 heavy (non-hydrogen) atoms. The average Bonchev–Trinajstić information content (AvgIpc) is 2.98. The summed E-state index contributed by atoms with van der Waals surface area (Å²) < 4.78 is 37.5. The van der Waals surface area contributed by atoms with Crippen molar-refractivity contribution in [3.05, 3.63) is 52.2 Å². The predicted molar refractivity (Wildman–Crippen MR) is 84.4 cm³/mol. The highest BCUT2D eigenvalue weighted by Crippen LogP contribution is 2.29. The summed E-state index contributed by atoms with van der Waals surface area (Å²) in [6.45, 7) is 2.52. The second-order valence-electron chi connectivity index (χ2n) is 5.39. The molecule has 7 heteroatoms. The molecule has 2 aromatic rings. The Labute approximate surface area is 136 Å². The molecule has 3 nitrogen and oxygen atoms in total. The molecule has 0 saturated carbocycles. The lowest BCUT2D eigenvalue weighted by molar-refractivity contribution is -0.907. The van der Waals surface area contributed by atoms with Crippen molar-refractivity contribution in [2.24, 2.45) is 0 Å². The largest absolute Gasteiger partial charge is 0.416 e. The van der Waals surface area contributed by atoms with Gasteiger partial charge in [-0.2, -0.15) is 13.2 Å². The van der Waals surface area contributed by atoms with Crippen LogP contribution in [0.25, 0.3) is 0 Å². The van der Waals surface area contributed by atoms with Gasteiger partial charge in [-0.05, 0) is 42.6 Å². The molecular weight excluding hydrogens is 325 g/mol. The third-order valence-corrected chi connectivity index (χ3v) is 4.52. The summed E-state index contributed by atoms with van der Waals surface area (Å²) in [5.41, 5.74) is -0.372. The molecule has 1 unspecified atom stereocenters. The first-order valence-corrected chi connectivity index (χ1v) is 7.98. The number of likely N-dealkylation sites (N-methyl/N-ethyl adjacent to an activating group) is 1. The van der Waals surface area contributed by atoms with E-state index in [4.69, 9.17) is 0 Å². The minimum absolute atomic E-state index is 0.223. The Morgan fingerprint density at radius 3 is 2.43 bits per heavy atom. The summed E-state index contributed by atoms with van der Waals surface area (Å²) in [5.74, 6) is -0.223. The van der Waals surface area contributed by atoms with Gasteiger partial charge in [-0.3, -0.25) is 4.79 Å². The van der Waals surface area contributed by atoms with Crippen LogP contribution in [0.5, 0.6) is 0 Å². The van der Waals surface area contributed by atoms with Gasteiger partial charge in [-0.1, -0.05) is 6.07 Å². The Morgan fingerprint density at radius 1 is 1.26 bits per heavy atom. The molecule has 2 N–H and O–H groups in total. The number of anilines is 1. The lowest BCUT2D eigenvalue weighted by atomic mass is 10.2. The van der Waals surface area contributed by atoms with Crippen LogP contribution in [0.1, 0.15) is 17.4 Å². The standard InChI is InChI=1S/C16H17F3N2OS/c1-11(21(2)10-14-4-3-9-23-14)15(22)20-13-7-5-12(6-8-13)16(17,18)19/h3-9,11H,10H2,1-2H3,(H,20,22)/p+1/t11-/m1/s1. The molecule has 1 aromatic carbocycles. The van der Waals surface area contributed by atoms with E-state index in [1.165, 1.54) is 17.0 Å². The lowest BCUT2D eigenvalue weighted by Gasteiger charge is -2.20. The van der Waals surface area contributed by atoms with E-state index >= 15 is 0 Å². The lowest BCUT2D eigenvalue weighted by Crippen LogP contribution is -3.12. The number of rotatable bonds is 5. The molecule has 1 heterocycles. The van der Waals surface area contributed by atoms with Gasteiger partial charge >= 0.3 is 6.18 Å². The SMILES string of the molecule is C[C@H](C(=O)Nc1ccc(C(F)(F)F)cc1)[NH+](C)Cc1cccs1. The zero-order valence-corrected chi connectivity index (χ0v) is 13.6. The van der Waals surface area contributed by atoms with Crippen LogP contribution in [0.2, 0.25) is 0 Å². The van der Waals surface area contributed by atoms with Crippen LogP contribution in [0.15, 0.2) is 41.8 Å². The fourth-order valence-corrected chi connectivity index (χ4v) is 2.86. The van der Waals surface area contributed by atoms with E-state index in [2.05, 4.69) is 5.32 Å². The van der Waals surface area contributed by atoms with Crippen LogP contribution in [0, 0.1) is 0 Å². The Balaban J connectivity index is 1.95. The van der Waals surface area contributed by atoms with Crippen LogP contribution in [0.4, 0.5) is 18.9 Å². The molecule has 0 saturated heterocycles. The van der Waals surface area contributed by atoms with E-state index in [1.54, 1.807) is 18.3 Å². The molecule has 0 aliphatic heterocycles. The number of benzene rings is 1. The van der Waals surface area contributed by atoms with Crippen molar-refractivity contribution < 1.29 is 22.9 Å².